The minimum absolute atomic E-state index is 0.402. The van der Waals surface area contributed by atoms with Gasteiger partial charge in [-0.1, -0.05) is 0 Å². The SMILES string of the molecule is COC(=O)c1cc(N)ccc1NCCc1cnn(C)c1. The molecule has 0 saturated carbocycles. The van der Waals surface area contributed by atoms with Crippen LogP contribution in [0.4, 0.5) is 11.4 Å². The fourth-order valence-electron chi connectivity index (χ4n) is 1.94. The first kappa shape index (κ1) is 13.9. The van der Waals surface area contributed by atoms with Crippen molar-refractivity contribution in [2.75, 3.05) is 24.7 Å². The van der Waals surface area contributed by atoms with Crippen molar-refractivity contribution in [2.45, 2.75) is 6.42 Å². The van der Waals surface area contributed by atoms with Crippen molar-refractivity contribution < 1.29 is 9.53 Å². The number of aryl methyl sites for hydroxylation is 1. The van der Waals surface area contributed by atoms with Gasteiger partial charge in [0.25, 0.3) is 0 Å². The number of nitrogens with zero attached hydrogens (tertiary/aromatic N) is 2. The van der Waals surface area contributed by atoms with E-state index in [1.165, 1.54) is 7.11 Å². The molecule has 0 atom stereocenters. The quantitative estimate of drug-likeness (QED) is 0.637. The third-order valence-corrected chi connectivity index (χ3v) is 2.94. The van der Waals surface area contributed by atoms with Crippen molar-refractivity contribution in [1.82, 2.24) is 9.78 Å². The van der Waals surface area contributed by atoms with E-state index < -0.39 is 5.97 Å². The van der Waals surface area contributed by atoms with E-state index >= 15 is 0 Å². The highest BCUT2D eigenvalue weighted by Gasteiger charge is 2.11. The van der Waals surface area contributed by atoms with Gasteiger partial charge < -0.3 is 15.8 Å². The van der Waals surface area contributed by atoms with Crippen LogP contribution in [0.2, 0.25) is 0 Å². The number of anilines is 2. The highest BCUT2D eigenvalue weighted by Crippen LogP contribution is 2.19. The largest absolute Gasteiger partial charge is 0.465 e. The molecule has 0 aliphatic heterocycles. The lowest BCUT2D eigenvalue weighted by Crippen LogP contribution is -2.11. The molecular weight excluding hydrogens is 256 g/mol. The van der Waals surface area contributed by atoms with E-state index in [1.54, 1.807) is 22.9 Å². The van der Waals surface area contributed by atoms with Crippen LogP contribution >= 0.6 is 0 Å². The second kappa shape index (κ2) is 6.10. The summed E-state index contributed by atoms with van der Waals surface area (Å²) in [6.45, 7) is 0.694. The number of hydrogen-bond donors (Lipinski definition) is 2. The van der Waals surface area contributed by atoms with Crippen LogP contribution < -0.4 is 11.1 Å². The second-order valence-corrected chi connectivity index (χ2v) is 4.50. The molecule has 0 unspecified atom stereocenters. The van der Waals surface area contributed by atoms with Gasteiger partial charge in [0.05, 0.1) is 18.9 Å². The summed E-state index contributed by atoms with van der Waals surface area (Å²) in [6.07, 6.45) is 4.61. The summed E-state index contributed by atoms with van der Waals surface area (Å²) in [7, 11) is 3.23. The van der Waals surface area contributed by atoms with Gasteiger partial charge >= 0.3 is 5.97 Å². The third-order valence-electron chi connectivity index (χ3n) is 2.94. The summed E-state index contributed by atoms with van der Waals surface area (Å²) in [4.78, 5) is 11.7. The van der Waals surface area contributed by atoms with E-state index in [9.17, 15) is 4.79 Å². The average Bonchev–Trinajstić information content (AvgIpc) is 2.85. The van der Waals surface area contributed by atoms with Crippen LogP contribution in [0, 0.1) is 0 Å². The van der Waals surface area contributed by atoms with Crippen molar-refractivity contribution >= 4 is 17.3 Å². The maximum atomic E-state index is 11.7. The van der Waals surface area contributed by atoms with Gasteiger partial charge in [-0.05, 0) is 30.2 Å². The Kier molecular flexibility index (Phi) is 4.24. The average molecular weight is 274 g/mol. The maximum Gasteiger partial charge on any atom is 0.340 e. The molecule has 0 radical (unpaired) electrons. The lowest BCUT2D eigenvalue weighted by molar-refractivity contribution is 0.0602. The minimum atomic E-state index is -0.402. The summed E-state index contributed by atoms with van der Waals surface area (Å²) >= 11 is 0. The molecule has 1 heterocycles. The highest BCUT2D eigenvalue weighted by atomic mass is 16.5. The second-order valence-electron chi connectivity index (χ2n) is 4.50. The lowest BCUT2D eigenvalue weighted by atomic mass is 10.1. The summed E-state index contributed by atoms with van der Waals surface area (Å²) in [5.74, 6) is -0.402. The smallest absolute Gasteiger partial charge is 0.340 e. The topological polar surface area (TPSA) is 82.2 Å². The molecule has 2 rings (SSSR count). The molecule has 20 heavy (non-hydrogen) atoms. The molecule has 6 nitrogen and oxygen atoms in total. The molecule has 0 amide bonds. The molecule has 1 aromatic carbocycles. The molecule has 0 bridgehead atoms. The van der Waals surface area contributed by atoms with Gasteiger partial charge in [0.2, 0.25) is 0 Å². The first-order valence-corrected chi connectivity index (χ1v) is 6.29. The van der Waals surface area contributed by atoms with Crippen molar-refractivity contribution in [1.29, 1.82) is 0 Å². The fourth-order valence-corrected chi connectivity index (χ4v) is 1.94. The van der Waals surface area contributed by atoms with Gasteiger partial charge in [-0.3, -0.25) is 4.68 Å². The maximum absolute atomic E-state index is 11.7. The van der Waals surface area contributed by atoms with Crippen LogP contribution in [0.3, 0.4) is 0 Å². The summed E-state index contributed by atoms with van der Waals surface area (Å²) in [5, 5.41) is 7.33. The van der Waals surface area contributed by atoms with Gasteiger partial charge in [-0.25, -0.2) is 4.79 Å². The van der Waals surface area contributed by atoms with Crippen LogP contribution in [0.15, 0.2) is 30.6 Å². The molecule has 2 aromatic rings. The van der Waals surface area contributed by atoms with E-state index in [1.807, 2.05) is 19.4 Å². The molecule has 0 fully saturated rings. The zero-order valence-corrected chi connectivity index (χ0v) is 11.6. The molecule has 0 aliphatic rings. The molecule has 6 heteroatoms. The number of carbonyl (C=O) groups is 1. The fraction of sp³-hybridized carbons (Fsp3) is 0.286. The Morgan fingerprint density at radius 2 is 2.30 bits per heavy atom. The van der Waals surface area contributed by atoms with E-state index in [2.05, 4.69) is 10.4 Å². The normalized spacial score (nSPS) is 10.3. The highest BCUT2D eigenvalue weighted by molar-refractivity contribution is 5.96. The molecule has 1 aromatic heterocycles. The number of esters is 1. The van der Waals surface area contributed by atoms with Crippen molar-refractivity contribution in [3.05, 3.63) is 41.7 Å². The number of carbonyl (C=O) groups excluding carboxylic acids is 1. The zero-order chi connectivity index (χ0) is 14.5. The summed E-state index contributed by atoms with van der Waals surface area (Å²) in [5.41, 5.74) is 8.52. The molecule has 3 N–H and O–H groups in total. The third kappa shape index (κ3) is 3.28. The van der Waals surface area contributed by atoms with E-state index in [4.69, 9.17) is 10.5 Å². The zero-order valence-electron chi connectivity index (χ0n) is 11.6. The van der Waals surface area contributed by atoms with Crippen molar-refractivity contribution in [3.63, 3.8) is 0 Å². The van der Waals surface area contributed by atoms with E-state index in [0.717, 1.165) is 17.7 Å². The summed E-state index contributed by atoms with van der Waals surface area (Å²) < 4.78 is 6.51. The van der Waals surface area contributed by atoms with Crippen molar-refractivity contribution in [2.24, 2.45) is 7.05 Å². The standard InChI is InChI=1S/C14H18N4O2/c1-18-9-10(8-17-18)5-6-16-13-4-3-11(15)7-12(13)14(19)20-2/h3-4,7-9,16H,5-6,15H2,1-2H3. The number of ether oxygens (including phenoxy) is 1. The van der Waals surface area contributed by atoms with E-state index in [-0.39, 0.29) is 0 Å². The summed E-state index contributed by atoms with van der Waals surface area (Å²) in [6, 6.07) is 5.14. The molecule has 0 saturated heterocycles. The number of nitrogen functional groups attached to an aromatic ring is 1. The number of nitrogens with two attached hydrogens (primary N) is 1. The molecular formula is C14H18N4O2. The number of hydrogen-bond acceptors (Lipinski definition) is 5. The van der Waals surface area contributed by atoms with Crippen LogP contribution in [-0.2, 0) is 18.2 Å². The van der Waals surface area contributed by atoms with Crippen LogP contribution in [0.1, 0.15) is 15.9 Å². The monoisotopic (exact) mass is 274 g/mol. The Morgan fingerprint density at radius 1 is 1.50 bits per heavy atom. The number of rotatable bonds is 5. The molecule has 106 valence electrons. The Labute approximate surface area is 117 Å². The Hall–Kier alpha value is -2.50. The Balaban J connectivity index is 2.03. The molecule has 0 spiro atoms. The van der Waals surface area contributed by atoms with E-state index in [0.29, 0.717) is 17.8 Å². The van der Waals surface area contributed by atoms with Crippen LogP contribution in [0.25, 0.3) is 0 Å². The van der Waals surface area contributed by atoms with Gasteiger partial charge in [-0.15, -0.1) is 0 Å². The number of methoxy groups -OCH3 is 1. The van der Waals surface area contributed by atoms with Crippen LogP contribution in [-0.4, -0.2) is 29.4 Å². The number of aromatic nitrogens is 2. The Morgan fingerprint density at radius 3 is 2.95 bits per heavy atom. The van der Waals surface area contributed by atoms with Crippen LogP contribution in [0.5, 0.6) is 0 Å². The number of benzene rings is 1. The predicted octanol–water partition coefficient (Wildman–Crippen LogP) is 1.44. The number of nitrogens with one attached hydrogen (secondary N) is 1. The van der Waals surface area contributed by atoms with Gasteiger partial charge in [0.15, 0.2) is 0 Å². The van der Waals surface area contributed by atoms with Crippen molar-refractivity contribution in [3.8, 4) is 0 Å². The van der Waals surface area contributed by atoms with Gasteiger partial charge in [-0.2, -0.15) is 5.10 Å². The first-order chi connectivity index (χ1) is 9.60. The lowest BCUT2D eigenvalue weighted by Gasteiger charge is -2.11. The van der Waals surface area contributed by atoms with Gasteiger partial charge in [0.1, 0.15) is 0 Å². The first-order valence-electron chi connectivity index (χ1n) is 6.29. The Bertz CT molecular complexity index is 607. The van der Waals surface area contributed by atoms with Gasteiger partial charge in [0, 0.05) is 31.2 Å². The molecule has 0 aliphatic carbocycles. The predicted molar refractivity (Wildman–Crippen MR) is 77.6 cm³/mol. The minimum Gasteiger partial charge on any atom is -0.465 e.